The van der Waals surface area contributed by atoms with Crippen molar-refractivity contribution < 1.29 is 0 Å². The van der Waals surface area contributed by atoms with E-state index in [4.69, 9.17) is 0 Å². The van der Waals surface area contributed by atoms with E-state index in [9.17, 15) is 0 Å². The molecule has 0 rings (SSSR count). The Morgan fingerprint density at radius 1 is 1.11 bits per heavy atom. The minimum absolute atomic E-state index is 0.603. The normalized spacial score (nSPS) is 10.4. The second-order valence-corrected chi connectivity index (χ2v) is 3.18. The molecule has 0 aromatic carbocycles. The quantitative estimate of drug-likeness (QED) is 0.604. The number of rotatable bonds is 3. The Morgan fingerprint density at radius 3 is 1.44 bits per heavy atom. The van der Waals surface area contributed by atoms with Crippen molar-refractivity contribution >= 4 is 20.6 Å². The molecule has 54 valence electrons. The van der Waals surface area contributed by atoms with Gasteiger partial charge in [-0.3, -0.25) is 0 Å². The number of hydrogen-bond donors (Lipinski definition) is 0. The van der Waals surface area contributed by atoms with Crippen LogP contribution < -0.4 is 0 Å². The fourth-order valence-corrected chi connectivity index (χ4v) is 1.86. The Labute approximate surface area is 65.8 Å². The van der Waals surface area contributed by atoms with E-state index in [0.717, 1.165) is 0 Å². The second kappa shape index (κ2) is 4.08. The summed E-state index contributed by atoms with van der Waals surface area (Å²) in [5.74, 6) is 0. The molecule has 0 aliphatic rings. The van der Waals surface area contributed by atoms with E-state index in [-0.39, 0.29) is 0 Å². The molecule has 0 amide bonds. The average Bonchev–Trinajstić information content (AvgIpc) is 1.64. The van der Waals surface area contributed by atoms with Crippen LogP contribution in [0.25, 0.3) is 0 Å². The Balaban J connectivity index is 3.82. The van der Waals surface area contributed by atoms with Gasteiger partial charge in [0.25, 0.3) is 0 Å². The van der Waals surface area contributed by atoms with Gasteiger partial charge in [0.05, 0.1) is 0 Å². The van der Waals surface area contributed by atoms with Crippen molar-refractivity contribution in [3.63, 3.8) is 0 Å². The molecule has 0 aromatic rings. The Hall–Kier alpha value is 0.189. The van der Waals surface area contributed by atoms with Gasteiger partial charge >= 0.3 is 65.3 Å². The fraction of sp³-hybridized carbons (Fsp3) is 0.857. The molecule has 0 fully saturated rings. The third-order valence-electron chi connectivity index (χ3n) is 1.31. The van der Waals surface area contributed by atoms with Crippen molar-refractivity contribution in [1.29, 1.82) is 0 Å². The van der Waals surface area contributed by atoms with E-state index in [0.29, 0.717) is 12.1 Å². The van der Waals surface area contributed by atoms with E-state index in [1.807, 2.05) is 5.04 Å². The van der Waals surface area contributed by atoms with Gasteiger partial charge in [0.1, 0.15) is 0 Å². The standard InChI is InChI=1S/C7H15NSe/c1-6(2)8(5-9)7(3)4/h5-7H,1-4H3. The predicted molar refractivity (Wildman–Crippen MR) is 43.9 cm³/mol. The number of nitrogens with zero attached hydrogens (tertiary/aromatic N) is 1. The van der Waals surface area contributed by atoms with Crippen molar-refractivity contribution in [2.45, 2.75) is 39.8 Å². The topological polar surface area (TPSA) is 3.24 Å². The van der Waals surface area contributed by atoms with Gasteiger partial charge in [-0.25, -0.2) is 0 Å². The third kappa shape index (κ3) is 3.02. The Bertz CT molecular complexity index is 80.9. The zero-order chi connectivity index (χ0) is 7.44. The molecule has 9 heavy (non-hydrogen) atoms. The van der Waals surface area contributed by atoms with Crippen molar-refractivity contribution in [2.75, 3.05) is 0 Å². The predicted octanol–water partition coefficient (Wildman–Crippen LogP) is 1.03. The van der Waals surface area contributed by atoms with E-state index < -0.39 is 0 Å². The van der Waals surface area contributed by atoms with E-state index in [1.165, 1.54) is 0 Å². The maximum absolute atomic E-state index is 2.91. The molecule has 0 saturated heterocycles. The van der Waals surface area contributed by atoms with Crippen LogP contribution in [-0.2, 0) is 0 Å². The molecule has 0 atom stereocenters. The van der Waals surface area contributed by atoms with Crippen molar-refractivity contribution in [1.82, 2.24) is 4.90 Å². The molecule has 0 N–H and O–H groups in total. The van der Waals surface area contributed by atoms with Gasteiger partial charge in [-0.15, -0.1) is 0 Å². The van der Waals surface area contributed by atoms with Crippen LogP contribution in [0.3, 0.4) is 0 Å². The van der Waals surface area contributed by atoms with Gasteiger partial charge in [-0.1, -0.05) is 0 Å². The molecule has 0 radical (unpaired) electrons. The van der Waals surface area contributed by atoms with Crippen LogP contribution in [0.1, 0.15) is 27.7 Å². The van der Waals surface area contributed by atoms with Gasteiger partial charge in [-0.2, -0.15) is 0 Å². The first kappa shape index (κ1) is 9.19. The molecule has 0 aromatic heterocycles. The molecule has 0 heterocycles. The molecular formula is C7H15NSe. The van der Waals surface area contributed by atoms with E-state index in [1.54, 1.807) is 0 Å². The van der Waals surface area contributed by atoms with Crippen LogP contribution in [0.15, 0.2) is 0 Å². The maximum atomic E-state index is 2.91. The molecule has 0 unspecified atom stereocenters. The van der Waals surface area contributed by atoms with Crippen LogP contribution in [0.5, 0.6) is 0 Å². The summed E-state index contributed by atoms with van der Waals surface area (Å²) in [5, 5.41) is 2.02. The first-order chi connectivity index (χ1) is 4.09. The Morgan fingerprint density at radius 2 is 1.44 bits per heavy atom. The molecule has 0 aliphatic heterocycles. The molecule has 0 saturated carbocycles. The summed E-state index contributed by atoms with van der Waals surface area (Å²) in [6.07, 6.45) is 0. The van der Waals surface area contributed by atoms with Gasteiger partial charge in [-0.05, 0) is 0 Å². The minimum atomic E-state index is 0.603. The fourth-order valence-electron chi connectivity index (χ4n) is 0.840. The summed E-state index contributed by atoms with van der Waals surface area (Å²) in [4.78, 5) is 2.28. The summed E-state index contributed by atoms with van der Waals surface area (Å²) >= 11 is 2.91. The summed E-state index contributed by atoms with van der Waals surface area (Å²) < 4.78 is 0. The van der Waals surface area contributed by atoms with E-state index in [2.05, 4.69) is 48.2 Å². The van der Waals surface area contributed by atoms with Gasteiger partial charge in [0.2, 0.25) is 0 Å². The SMILES string of the molecule is CC(C)N(C=[Se])C(C)C. The van der Waals surface area contributed by atoms with Crippen LogP contribution in [-0.4, -0.2) is 37.6 Å². The van der Waals surface area contributed by atoms with Crippen LogP contribution >= 0.6 is 0 Å². The number of hydrogen-bond acceptors (Lipinski definition) is 1. The van der Waals surface area contributed by atoms with Crippen molar-refractivity contribution in [3.05, 3.63) is 0 Å². The van der Waals surface area contributed by atoms with Crippen LogP contribution in [0.4, 0.5) is 0 Å². The zero-order valence-electron chi connectivity index (χ0n) is 6.59. The molecule has 0 spiro atoms. The molecule has 0 aliphatic carbocycles. The second-order valence-electron chi connectivity index (χ2n) is 2.74. The van der Waals surface area contributed by atoms with Crippen molar-refractivity contribution in [3.8, 4) is 0 Å². The zero-order valence-corrected chi connectivity index (χ0v) is 8.30. The van der Waals surface area contributed by atoms with Crippen molar-refractivity contribution in [2.24, 2.45) is 0 Å². The van der Waals surface area contributed by atoms with Gasteiger partial charge in [0, 0.05) is 0 Å². The molecule has 2 heteroatoms. The third-order valence-corrected chi connectivity index (χ3v) is 1.83. The summed E-state index contributed by atoms with van der Waals surface area (Å²) in [7, 11) is 0. The molecule has 1 nitrogen and oxygen atoms in total. The summed E-state index contributed by atoms with van der Waals surface area (Å²) in [6.45, 7) is 8.75. The van der Waals surface area contributed by atoms with Gasteiger partial charge < -0.3 is 0 Å². The Kier molecular flexibility index (Phi) is 4.16. The average molecular weight is 192 g/mol. The van der Waals surface area contributed by atoms with Crippen LogP contribution in [0.2, 0.25) is 0 Å². The first-order valence-electron chi connectivity index (χ1n) is 3.32. The summed E-state index contributed by atoms with van der Waals surface area (Å²) in [6, 6.07) is 1.21. The molecule has 0 bridgehead atoms. The van der Waals surface area contributed by atoms with Gasteiger partial charge in [0.15, 0.2) is 0 Å². The monoisotopic (exact) mass is 193 g/mol. The van der Waals surface area contributed by atoms with Crippen LogP contribution in [0, 0.1) is 0 Å². The molecular weight excluding hydrogens is 177 g/mol. The first-order valence-corrected chi connectivity index (χ1v) is 4.31. The summed E-state index contributed by atoms with van der Waals surface area (Å²) in [5.41, 5.74) is 0. The van der Waals surface area contributed by atoms with E-state index >= 15 is 0 Å².